The molecule has 0 saturated carbocycles. The van der Waals surface area contributed by atoms with Crippen molar-refractivity contribution in [2.45, 2.75) is 6.42 Å². The first-order chi connectivity index (χ1) is 6.74. The summed E-state index contributed by atoms with van der Waals surface area (Å²) in [5.41, 5.74) is 1.08. The average molecular weight is 189 g/mol. The molecule has 0 radical (unpaired) electrons. The van der Waals surface area contributed by atoms with E-state index in [9.17, 15) is 4.79 Å². The number of rotatable bonds is 3. The van der Waals surface area contributed by atoms with Crippen molar-refractivity contribution in [1.29, 1.82) is 0 Å². The summed E-state index contributed by atoms with van der Waals surface area (Å²) in [6.07, 6.45) is 4.59. The molecule has 1 aromatic carbocycles. The number of carboxylic acid groups (broad SMARTS) is 1. The van der Waals surface area contributed by atoms with Gasteiger partial charge in [-0.3, -0.25) is 0 Å². The molecule has 0 unspecified atom stereocenters. The normalized spacial score (nSPS) is 9.07. The maximum absolute atomic E-state index is 10.5. The predicted molar refractivity (Wildman–Crippen MR) is 53.7 cm³/mol. The number of nitrogens with zero attached hydrogens (tertiary/aromatic N) is 1. The highest BCUT2D eigenvalue weighted by molar-refractivity contribution is 5.67. The molecule has 0 atom stereocenters. The lowest BCUT2D eigenvalue weighted by molar-refractivity contribution is 0.166. The predicted octanol–water partition coefficient (Wildman–Crippen LogP) is 1.80. The second-order valence-corrected chi connectivity index (χ2v) is 2.80. The van der Waals surface area contributed by atoms with E-state index in [0.29, 0.717) is 13.0 Å². The summed E-state index contributed by atoms with van der Waals surface area (Å²) < 4.78 is 0. The summed E-state index contributed by atoms with van der Waals surface area (Å²) in [5, 5.41) is 8.63. The third-order valence-electron chi connectivity index (χ3n) is 1.85. The number of hydrogen-bond acceptors (Lipinski definition) is 1. The van der Waals surface area contributed by atoms with Crippen LogP contribution in [-0.4, -0.2) is 22.6 Å². The van der Waals surface area contributed by atoms with E-state index in [2.05, 4.69) is 6.04 Å². The van der Waals surface area contributed by atoms with Crippen molar-refractivity contribution < 1.29 is 9.90 Å². The van der Waals surface area contributed by atoms with Gasteiger partial charge in [0.2, 0.25) is 0 Å². The monoisotopic (exact) mass is 189 g/mol. The van der Waals surface area contributed by atoms with E-state index in [1.54, 1.807) is 0 Å². The first-order valence-corrected chi connectivity index (χ1v) is 4.24. The average Bonchev–Trinajstić information content (AvgIpc) is 2.20. The number of hydrogen-bond donors (Lipinski definition) is 1. The second-order valence-electron chi connectivity index (χ2n) is 2.80. The van der Waals surface area contributed by atoms with Crippen LogP contribution in [0.25, 0.3) is 0 Å². The minimum atomic E-state index is -1.08. The van der Waals surface area contributed by atoms with Gasteiger partial charge in [-0.2, -0.15) is 0 Å². The highest BCUT2D eigenvalue weighted by Gasteiger charge is 2.07. The van der Waals surface area contributed by atoms with Gasteiger partial charge in [-0.15, -0.1) is 0 Å². The van der Waals surface area contributed by atoms with Gasteiger partial charge in [0.05, 0.1) is 0 Å². The third kappa shape index (κ3) is 2.83. The first-order valence-electron chi connectivity index (χ1n) is 4.24. The van der Waals surface area contributed by atoms with Gasteiger partial charge in [0.1, 0.15) is 0 Å². The molecule has 0 heterocycles. The van der Waals surface area contributed by atoms with E-state index in [4.69, 9.17) is 11.5 Å². The molecule has 3 heteroatoms. The Morgan fingerprint density at radius 3 is 2.57 bits per heavy atom. The molecular weight excluding hydrogens is 178 g/mol. The van der Waals surface area contributed by atoms with Crippen molar-refractivity contribution in [2.24, 2.45) is 0 Å². The molecule has 1 N–H and O–H groups in total. The van der Waals surface area contributed by atoms with Crippen LogP contribution in [0.15, 0.2) is 30.3 Å². The maximum Gasteiger partial charge on any atom is 0.419 e. The van der Waals surface area contributed by atoms with Gasteiger partial charge in [-0.05, 0) is 12.0 Å². The Bertz CT molecular complexity index is 340. The van der Waals surface area contributed by atoms with Gasteiger partial charge in [-0.1, -0.05) is 36.8 Å². The molecule has 0 fully saturated rings. The van der Waals surface area contributed by atoms with Crippen LogP contribution in [0.5, 0.6) is 0 Å². The number of terminal acetylenes is 1. The molecule has 3 nitrogen and oxygen atoms in total. The maximum atomic E-state index is 10.5. The quantitative estimate of drug-likeness (QED) is 0.581. The van der Waals surface area contributed by atoms with E-state index in [-0.39, 0.29) is 0 Å². The Balaban J connectivity index is 2.49. The molecule has 0 aliphatic heterocycles. The van der Waals surface area contributed by atoms with Gasteiger partial charge in [0, 0.05) is 12.6 Å². The van der Waals surface area contributed by atoms with Gasteiger partial charge < -0.3 is 5.11 Å². The molecule has 1 aromatic rings. The van der Waals surface area contributed by atoms with Crippen molar-refractivity contribution in [2.75, 3.05) is 6.54 Å². The van der Waals surface area contributed by atoms with Crippen LogP contribution in [0, 0.1) is 12.5 Å². The second kappa shape index (κ2) is 4.93. The summed E-state index contributed by atoms with van der Waals surface area (Å²) in [6, 6.07) is 11.7. The first kappa shape index (κ1) is 10.1. The summed E-state index contributed by atoms with van der Waals surface area (Å²) in [4.78, 5) is 11.5. The van der Waals surface area contributed by atoms with Crippen molar-refractivity contribution in [3.05, 3.63) is 35.9 Å². The Morgan fingerprint density at radius 1 is 1.43 bits per heavy atom. The van der Waals surface area contributed by atoms with Gasteiger partial charge >= 0.3 is 6.09 Å². The molecule has 1 amide bonds. The Kier molecular flexibility index (Phi) is 3.57. The van der Waals surface area contributed by atoms with Gasteiger partial charge in [0.15, 0.2) is 0 Å². The van der Waals surface area contributed by atoms with Crippen LogP contribution in [-0.2, 0) is 6.42 Å². The van der Waals surface area contributed by atoms with Crippen LogP contribution in [0.1, 0.15) is 5.56 Å². The molecule has 14 heavy (non-hydrogen) atoms. The zero-order valence-corrected chi connectivity index (χ0v) is 7.68. The molecule has 1 rings (SSSR count). The Morgan fingerprint density at radius 2 is 2.07 bits per heavy atom. The summed E-state index contributed by atoms with van der Waals surface area (Å²) in [5.74, 6) is 0. The molecular formula is C11H11NO2. The fraction of sp³-hybridized carbons (Fsp3) is 0.182. The van der Waals surface area contributed by atoms with Crippen LogP contribution in [0.2, 0.25) is 0 Å². The fourth-order valence-electron chi connectivity index (χ4n) is 1.10. The summed E-state index contributed by atoms with van der Waals surface area (Å²) in [7, 11) is 0. The minimum absolute atomic E-state index is 0.329. The Hall–Kier alpha value is -1.95. The molecule has 0 saturated heterocycles. The van der Waals surface area contributed by atoms with E-state index in [1.807, 2.05) is 30.3 Å². The lowest BCUT2D eigenvalue weighted by atomic mass is 10.1. The van der Waals surface area contributed by atoms with E-state index >= 15 is 0 Å². The van der Waals surface area contributed by atoms with E-state index < -0.39 is 6.09 Å². The summed E-state index contributed by atoms with van der Waals surface area (Å²) >= 11 is 0. The van der Waals surface area contributed by atoms with Gasteiger partial charge in [0.25, 0.3) is 0 Å². The molecule has 0 aliphatic rings. The van der Waals surface area contributed by atoms with Crippen LogP contribution in [0.3, 0.4) is 0 Å². The SMILES string of the molecule is C#CN(CCc1ccccc1)C(=O)O. The van der Waals surface area contributed by atoms with Crippen molar-refractivity contribution in [3.63, 3.8) is 0 Å². The molecule has 0 bridgehead atoms. The van der Waals surface area contributed by atoms with Crippen LogP contribution < -0.4 is 0 Å². The highest BCUT2D eigenvalue weighted by atomic mass is 16.4. The van der Waals surface area contributed by atoms with Gasteiger partial charge in [-0.25, -0.2) is 9.69 Å². The number of carbonyl (C=O) groups is 1. The smallest absolute Gasteiger partial charge is 0.419 e. The number of amides is 1. The zero-order chi connectivity index (χ0) is 10.4. The van der Waals surface area contributed by atoms with Crippen LogP contribution in [0.4, 0.5) is 4.79 Å². The van der Waals surface area contributed by atoms with Crippen molar-refractivity contribution in [3.8, 4) is 12.5 Å². The highest BCUT2D eigenvalue weighted by Crippen LogP contribution is 2.00. The topological polar surface area (TPSA) is 40.5 Å². The van der Waals surface area contributed by atoms with Crippen LogP contribution >= 0.6 is 0 Å². The molecule has 0 spiro atoms. The fourth-order valence-corrected chi connectivity index (χ4v) is 1.10. The largest absolute Gasteiger partial charge is 0.464 e. The minimum Gasteiger partial charge on any atom is -0.464 e. The Labute approximate surface area is 83.0 Å². The lowest BCUT2D eigenvalue weighted by Crippen LogP contribution is -2.26. The molecule has 72 valence electrons. The summed E-state index contributed by atoms with van der Waals surface area (Å²) in [6.45, 7) is 0.329. The van der Waals surface area contributed by atoms with Crippen molar-refractivity contribution >= 4 is 6.09 Å². The van der Waals surface area contributed by atoms with E-state index in [1.165, 1.54) is 0 Å². The van der Waals surface area contributed by atoms with Crippen molar-refractivity contribution in [1.82, 2.24) is 4.90 Å². The molecule has 0 aromatic heterocycles. The zero-order valence-electron chi connectivity index (χ0n) is 7.68. The molecule has 0 aliphatic carbocycles. The lowest BCUT2D eigenvalue weighted by Gasteiger charge is -2.10. The third-order valence-corrected chi connectivity index (χ3v) is 1.85. The standard InChI is InChI=1S/C11H11NO2/c1-2-12(11(13)14)9-8-10-6-4-3-5-7-10/h1,3-7H,8-9H2,(H,13,14). The van der Waals surface area contributed by atoms with E-state index in [0.717, 1.165) is 10.5 Å². The number of benzene rings is 1.